The van der Waals surface area contributed by atoms with Crippen molar-refractivity contribution in [1.82, 2.24) is 20.5 Å². The molecule has 43 heavy (non-hydrogen) atoms. The molecule has 2 amide bonds. The Hall–Kier alpha value is -3.34. The number of alkyl carbamates (subject to hydrolysis) is 1. The summed E-state index contributed by atoms with van der Waals surface area (Å²) in [6, 6.07) is 4.40. The van der Waals surface area contributed by atoms with Crippen molar-refractivity contribution >= 4 is 22.8 Å². The summed E-state index contributed by atoms with van der Waals surface area (Å²) in [5.74, 6) is -0.0435. The number of amides is 2. The fourth-order valence-corrected chi connectivity index (χ4v) is 6.11. The molecule has 234 valence electrons. The van der Waals surface area contributed by atoms with Crippen LogP contribution in [0, 0.1) is 5.41 Å². The number of ether oxygens (including phenoxy) is 2. The third-order valence-corrected chi connectivity index (χ3v) is 8.77. The van der Waals surface area contributed by atoms with Gasteiger partial charge in [-0.1, -0.05) is 32.9 Å². The van der Waals surface area contributed by atoms with Crippen molar-refractivity contribution in [2.24, 2.45) is 5.41 Å². The Balaban J connectivity index is 1.35. The van der Waals surface area contributed by atoms with Crippen molar-refractivity contribution in [3.63, 3.8) is 0 Å². The molecule has 0 bridgehead atoms. The van der Waals surface area contributed by atoms with Crippen LogP contribution in [0.4, 0.5) is 18.0 Å². The molecule has 5 rings (SSSR count). The minimum Gasteiger partial charge on any atom is -0.472 e. The van der Waals surface area contributed by atoms with Crippen LogP contribution >= 0.6 is 0 Å². The predicted octanol–water partition coefficient (Wildman–Crippen LogP) is 5.99. The molecule has 2 aliphatic carbocycles. The number of benzene rings is 1. The standard InChI is InChI=1S/C32H41F3N4O4/c1-5-19-15-25(19)37-28(40)26-16-21(42-29-23-11-8-12-24(32(33,34)35)22(23)13-14-36-29)17-39(26)18-27(31(2,3)4)38-30(41)43-20-9-6-7-10-20/h5,8,11-14,20-21,25-27H,6-7,9-10,15-18H2,1-4H3,(H,37,40)(H,38,41). The molecule has 2 saturated carbocycles. The number of fused-ring (bicyclic) bond motifs is 1. The van der Waals surface area contributed by atoms with Crippen LogP contribution in [0.3, 0.4) is 0 Å². The van der Waals surface area contributed by atoms with E-state index in [1.165, 1.54) is 23.9 Å². The summed E-state index contributed by atoms with van der Waals surface area (Å²) >= 11 is 0. The molecule has 1 aromatic carbocycles. The lowest BCUT2D eigenvalue weighted by atomic mass is 9.86. The first-order valence-electron chi connectivity index (χ1n) is 15.1. The highest BCUT2D eigenvalue weighted by Gasteiger charge is 2.43. The molecule has 4 unspecified atom stereocenters. The molecular weight excluding hydrogens is 561 g/mol. The van der Waals surface area contributed by atoms with Crippen molar-refractivity contribution in [3.8, 4) is 5.88 Å². The van der Waals surface area contributed by atoms with Crippen molar-refractivity contribution < 1.29 is 32.2 Å². The van der Waals surface area contributed by atoms with Crippen LogP contribution in [0.25, 0.3) is 10.8 Å². The number of pyridine rings is 1. The summed E-state index contributed by atoms with van der Waals surface area (Å²) in [5, 5.41) is 6.42. The monoisotopic (exact) mass is 602 g/mol. The maximum absolute atomic E-state index is 13.7. The van der Waals surface area contributed by atoms with Gasteiger partial charge in [-0.25, -0.2) is 9.78 Å². The van der Waals surface area contributed by atoms with Crippen LogP contribution in [0.15, 0.2) is 42.1 Å². The molecule has 4 atom stereocenters. The van der Waals surface area contributed by atoms with E-state index >= 15 is 0 Å². The van der Waals surface area contributed by atoms with Gasteiger partial charge in [0.2, 0.25) is 11.8 Å². The largest absolute Gasteiger partial charge is 0.472 e. The molecule has 0 radical (unpaired) electrons. The Kier molecular flexibility index (Phi) is 8.92. The van der Waals surface area contributed by atoms with E-state index in [1.54, 1.807) is 6.07 Å². The molecule has 1 saturated heterocycles. The highest BCUT2D eigenvalue weighted by molar-refractivity contribution is 5.90. The molecule has 1 aliphatic heterocycles. The number of likely N-dealkylation sites (tertiary alicyclic amines) is 1. The second-order valence-electron chi connectivity index (χ2n) is 13.0. The van der Waals surface area contributed by atoms with Crippen LogP contribution in [-0.4, -0.2) is 65.3 Å². The van der Waals surface area contributed by atoms with E-state index in [2.05, 4.69) is 15.6 Å². The van der Waals surface area contributed by atoms with Crippen LogP contribution < -0.4 is 15.4 Å². The van der Waals surface area contributed by atoms with Gasteiger partial charge in [-0.15, -0.1) is 0 Å². The molecule has 2 aromatic rings. The number of halogens is 3. The fourth-order valence-electron chi connectivity index (χ4n) is 6.11. The zero-order valence-corrected chi connectivity index (χ0v) is 25.2. The number of nitrogens with zero attached hydrogens (tertiary/aromatic N) is 2. The molecule has 2 N–H and O–H groups in total. The Morgan fingerprint density at radius 1 is 1.12 bits per heavy atom. The molecule has 3 fully saturated rings. The van der Waals surface area contributed by atoms with Crippen molar-refractivity contribution in [1.29, 1.82) is 0 Å². The Bertz CT molecular complexity index is 1370. The Morgan fingerprint density at radius 2 is 1.86 bits per heavy atom. The second-order valence-corrected chi connectivity index (χ2v) is 13.0. The second kappa shape index (κ2) is 12.3. The van der Waals surface area contributed by atoms with E-state index in [4.69, 9.17) is 9.47 Å². The lowest BCUT2D eigenvalue weighted by Gasteiger charge is -2.36. The summed E-state index contributed by atoms with van der Waals surface area (Å²) in [4.78, 5) is 32.6. The van der Waals surface area contributed by atoms with Gasteiger partial charge in [0.15, 0.2) is 0 Å². The summed E-state index contributed by atoms with van der Waals surface area (Å²) in [6.45, 7) is 8.71. The van der Waals surface area contributed by atoms with E-state index in [9.17, 15) is 22.8 Å². The van der Waals surface area contributed by atoms with Gasteiger partial charge in [0, 0.05) is 42.5 Å². The van der Waals surface area contributed by atoms with Gasteiger partial charge in [0.05, 0.1) is 17.6 Å². The first kappa shape index (κ1) is 31.1. The van der Waals surface area contributed by atoms with Gasteiger partial charge in [-0.3, -0.25) is 9.69 Å². The van der Waals surface area contributed by atoms with Gasteiger partial charge in [0.1, 0.15) is 12.2 Å². The quantitative estimate of drug-likeness (QED) is 0.361. The van der Waals surface area contributed by atoms with Crippen molar-refractivity contribution in [3.05, 3.63) is 47.7 Å². The van der Waals surface area contributed by atoms with E-state index in [0.29, 0.717) is 19.5 Å². The summed E-state index contributed by atoms with van der Waals surface area (Å²) in [6.07, 6.45) is 2.71. The molecule has 3 aliphatic rings. The zero-order valence-electron chi connectivity index (χ0n) is 25.2. The lowest BCUT2D eigenvalue weighted by Crippen LogP contribution is -2.54. The minimum atomic E-state index is -4.52. The van der Waals surface area contributed by atoms with Gasteiger partial charge in [-0.05, 0) is 68.2 Å². The minimum absolute atomic E-state index is 0.00883. The van der Waals surface area contributed by atoms with Crippen LogP contribution in [-0.2, 0) is 15.7 Å². The van der Waals surface area contributed by atoms with Gasteiger partial charge < -0.3 is 20.1 Å². The van der Waals surface area contributed by atoms with Gasteiger partial charge in [0.25, 0.3) is 0 Å². The third kappa shape index (κ3) is 7.42. The number of rotatable bonds is 8. The number of carbonyl (C=O) groups is 2. The van der Waals surface area contributed by atoms with Gasteiger partial charge in [-0.2, -0.15) is 13.2 Å². The fraction of sp³-hybridized carbons (Fsp3) is 0.594. The summed E-state index contributed by atoms with van der Waals surface area (Å²) in [7, 11) is 0. The highest BCUT2D eigenvalue weighted by atomic mass is 19.4. The first-order valence-corrected chi connectivity index (χ1v) is 15.1. The normalized spacial score (nSPS) is 24.7. The van der Waals surface area contributed by atoms with E-state index in [0.717, 1.165) is 38.2 Å². The number of nitrogens with one attached hydrogen (secondary N) is 2. The topological polar surface area (TPSA) is 92.8 Å². The Morgan fingerprint density at radius 3 is 2.51 bits per heavy atom. The number of aromatic nitrogens is 1. The lowest BCUT2D eigenvalue weighted by molar-refractivity contribution is -0.136. The molecule has 11 heteroatoms. The number of hydrogen-bond acceptors (Lipinski definition) is 6. The molecule has 0 spiro atoms. The van der Waals surface area contributed by atoms with Crippen molar-refractivity contribution in [2.75, 3.05) is 13.1 Å². The SMILES string of the molecule is CC=C1CC1NC(=O)C1CC(Oc2nccc3c(C(F)(F)F)cccc23)CN1CC(NC(=O)OC1CCCC1)C(C)(C)C. The molecule has 1 aromatic heterocycles. The highest BCUT2D eigenvalue weighted by Crippen LogP contribution is 2.38. The molecule has 2 heterocycles. The number of carbonyl (C=O) groups excluding carboxylic acids is 2. The number of alkyl halides is 3. The maximum Gasteiger partial charge on any atom is 0.417 e. The van der Waals surface area contributed by atoms with E-state index < -0.39 is 30.0 Å². The number of allylic oxidation sites excluding steroid dienone is 1. The summed E-state index contributed by atoms with van der Waals surface area (Å²) < 4.78 is 52.9. The smallest absolute Gasteiger partial charge is 0.417 e. The number of hydrogen-bond donors (Lipinski definition) is 2. The third-order valence-electron chi connectivity index (χ3n) is 8.77. The van der Waals surface area contributed by atoms with Crippen LogP contribution in [0.1, 0.15) is 71.8 Å². The predicted molar refractivity (Wildman–Crippen MR) is 157 cm³/mol. The average Bonchev–Trinajstić information content (AvgIpc) is 3.26. The molecule has 8 nitrogen and oxygen atoms in total. The zero-order chi connectivity index (χ0) is 30.9. The Labute approximate surface area is 250 Å². The summed E-state index contributed by atoms with van der Waals surface area (Å²) in [5.41, 5.74) is 0.0689. The molecular formula is C32H41F3N4O4. The van der Waals surface area contributed by atoms with E-state index in [-0.39, 0.29) is 46.2 Å². The first-order chi connectivity index (χ1) is 20.3. The average molecular weight is 603 g/mol. The van der Waals surface area contributed by atoms with E-state index in [1.807, 2.05) is 38.7 Å². The maximum atomic E-state index is 13.7. The van der Waals surface area contributed by atoms with Crippen LogP contribution in [0.2, 0.25) is 0 Å². The van der Waals surface area contributed by atoms with Crippen molar-refractivity contribution in [2.45, 2.75) is 103 Å². The van der Waals surface area contributed by atoms with Gasteiger partial charge >= 0.3 is 12.3 Å². The van der Waals surface area contributed by atoms with Crippen LogP contribution in [0.5, 0.6) is 5.88 Å².